The Morgan fingerprint density at radius 2 is 1.22 bits per heavy atom. The molecule has 2 heterocycles. The van der Waals surface area contributed by atoms with Crippen molar-refractivity contribution in [1.29, 1.82) is 0 Å². The minimum absolute atomic E-state index is 0.125. The molecule has 37 heavy (non-hydrogen) atoms. The Bertz CT molecular complexity index is 1030. The summed E-state index contributed by atoms with van der Waals surface area (Å²) in [4.78, 5) is 61.3. The quantitative estimate of drug-likeness (QED) is 0.330. The second-order valence-electron chi connectivity index (χ2n) is 8.87. The van der Waals surface area contributed by atoms with E-state index in [0.717, 1.165) is 29.2 Å². The number of ether oxygens (including phenoxy) is 1. The first-order valence-corrected chi connectivity index (χ1v) is 11.0. The maximum absolute atomic E-state index is 12.8. The Morgan fingerprint density at radius 1 is 0.811 bits per heavy atom. The Balaban J connectivity index is 2.05. The third kappa shape index (κ3) is 8.55. The van der Waals surface area contributed by atoms with Crippen molar-refractivity contribution in [2.75, 3.05) is 26.7 Å². The number of carbonyl (C=O) groups excluding carboxylic acids is 4. The van der Waals surface area contributed by atoms with Crippen LogP contribution in [0.2, 0.25) is 0 Å². The molecule has 0 fully saturated rings. The maximum atomic E-state index is 12.8. The third-order valence-corrected chi connectivity index (χ3v) is 4.56. The number of aromatic nitrogens is 2. The van der Waals surface area contributed by atoms with E-state index in [9.17, 15) is 39.6 Å². The van der Waals surface area contributed by atoms with Crippen molar-refractivity contribution in [2.24, 2.45) is 0 Å². The Kier molecular flexibility index (Phi) is 9.24. The van der Waals surface area contributed by atoms with Crippen molar-refractivity contribution >= 4 is 23.9 Å². The van der Waals surface area contributed by atoms with Gasteiger partial charge in [0.2, 0.25) is 29.4 Å². The van der Waals surface area contributed by atoms with Crippen molar-refractivity contribution in [3.63, 3.8) is 0 Å². The van der Waals surface area contributed by atoms with E-state index in [2.05, 4.69) is 0 Å². The molecule has 2 aromatic rings. The van der Waals surface area contributed by atoms with Crippen molar-refractivity contribution in [2.45, 2.75) is 39.2 Å². The molecule has 2 aromatic heterocycles. The van der Waals surface area contributed by atoms with E-state index in [0.29, 0.717) is 9.46 Å². The van der Waals surface area contributed by atoms with Crippen molar-refractivity contribution in [3.8, 4) is 23.5 Å². The average molecular weight is 526 g/mol. The van der Waals surface area contributed by atoms with E-state index in [4.69, 9.17) is 14.4 Å². The number of amides is 2. The first-order valence-electron chi connectivity index (χ1n) is 11.0. The number of nitrogens with zero attached hydrogens (tertiary/aromatic N) is 4. The lowest BCUT2D eigenvalue weighted by molar-refractivity contribution is -0.156. The molecule has 0 spiro atoms. The second-order valence-corrected chi connectivity index (χ2v) is 8.87. The Labute approximate surface area is 211 Å². The first kappa shape index (κ1) is 28.7. The van der Waals surface area contributed by atoms with Gasteiger partial charge in [0.15, 0.2) is 0 Å². The molecule has 0 aliphatic carbocycles. The van der Waals surface area contributed by atoms with E-state index < -0.39 is 66.1 Å². The highest BCUT2D eigenvalue weighted by Gasteiger charge is 2.25. The predicted octanol–water partition coefficient (Wildman–Crippen LogP) is 0.198. The molecule has 0 aliphatic rings. The van der Waals surface area contributed by atoms with Crippen LogP contribution in [0.25, 0.3) is 0 Å². The van der Waals surface area contributed by atoms with Crippen LogP contribution in [0.1, 0.15) is 33.6 Å². The molecule has 0 aromatic carbocycles. The molecule has 2 rings (SSSR count). The van der Waals surface area contributed by atoms with Crippen LogP contribution in [0.4, 0.5) is 4.79 Å². The number of rotatable bonds is 10. The topological polar surface area (TPSA) is 193 Å². The molecular weight excluding hydrogens is 496 g/mol. The van der Waals surface area contributed by atoms with Gasteiger partial charge in [-0.15, -0.1) is 9.46 Å². The minimum atomic E-state index is -1.12. The number of hydrogen-bond donors (Lipinski definition) is 4. The molecule has 0 saturated heterocycles. The number of carbonyl (C=O) groups is 4. The maximum Gasteiger partial charge on any atom is 0.410 e. The smallest absolute Gasteiger partial charge is 0.410 e. The molecule has 2 amide bonds. The molecular formula is C22H30N4O11. The van der Waals surface area contributed by atoms with Crippen molar-refractivity contribution < 1.29 is 54.0 Å². The summed E-state index contributed by atoms with van der Waals surface area (Å²) in [5, 5.41) is 38.5. The third-order valence-electron chi connectivity index (χ3n) is 4.56. The van der Waals surface area contributed by atoms with Crippen LogP contribution in [0, 0.1) is 0 Å². The first-order chi connectivity index (χ1) is 17.2. The lowest BCUT2D eigenvalue weighted by Gasteiger charge is -2.25. The average Bonchev–Trinajstić information content (AvgIpc) is 3.27. The van der Waals surface area contributed by atoms with E-state index in [1.54, 1.807) is 20.8 Å². The number of aromatic hydroxyl groups is 4. The van der Waals surface area contributed by atoms with Gasteiger partial charge in [-0.25, -0.2) is 14.4 Å². The minimum Gasteiger partial charge on any atom is -0.492 e. The summed E-state index contributed by atoms with van der Waals surface area (Å²) in [5.74, 6) is -5.31. The molecule has 15 heteroatoms. The van der Waals surface area contributed by atoms with Gasteiger partial charge < -0.3 is 44.6 Å². The highest BCUT2D eigenvalue weighted by Crippen LogP contribution is 2.20. The molecule has 15 nitrogen and oxygen atoms in total. The second kappa shape index (κ2) is 11.9. The zero-order valence-electron chi connectivity index (χ0n) is 20.8. The van der Waals surface area contributed by atoms with Crippen LogP contribution in [-0.4, -0.2) is 95.9 Å². The lowest BCUT2D eigenvalue weighted by atomic mass is 10.2. The Hall–Kier alpha value is -4.56. The largest absolute Gasteiger partial charge is 0.492 e. The van der Waals surface area contributed by atoms with Crippen LogP contribution in [0.3, 0.4) is 0 Å². The lowest BCUT2D eigenvalue weighted by Crippen LogP contribution is -2.44. The molecule has 0 bridgehead atoms. The molecule has 0 aliphatic heterocycles. The molecule has 4 N–H and O–H groups in total. The van der Waals surface area contributed by atoms with Gasteiger partial charge in [-0.1, -0.05) is 0 Å². The zero-order valence-corrected chi connectivity index (χ0v) is 20.8. The van der Waals surface area contributed by atoms with E-state index in [1.807, 2.05) is 0 Å². The predicted molar refractivity (Wildman–Crippen MR) is 123 cm³/mol. The molecule has 204 valence electrons. The summed E-state index contributed by atoms with van der Waals surface area (Å²) in [6, 6.07) is 4.22. The molecule has 0 saturated carbocycles. The van der Waals surface area contributed by atoms with Gasteiger partial charge in [0.25, 0.3) is 0 Å². The molecule has 0 radical (unpaired) electrons. The van der Waals surface area contributed by atoms with E-state index in [1.165, 1.54) is 11.9 Å². The van der Waals surface area contributed by atoms with Gasteiger partial charge >= 0.3 is 18.0 Å². The van der Waals surface area contributed by atoms with Gasteiger partial charge in [-0.3, -0.25) is 4.79 Å². The van der Waals surface area contributed by atoms with Gasteiger partial charge in [0, 0.05) is 44.3 Å². The summed E-state index contributed by atoms with van der Waals surface area (Å²) in [6.07, 6.45) is -0.650. The van der Waals surface area contributed by atoms with E-state index in [-0.39, 0.29) is 19.4 Å². The summed E-state index contributed by atoms with van der Waals surface area (Å²) in [5.41, 5.74) is -0.705. The molecule has 0 atom stereocenters. The Morgan fingerprint density at radius 3 is 1.59 bits per heavy atom. The molecule has 0 unspecified atom stereocenters. The summed E-state index contributed by atoms with van der Waals surface area (Å²) < 4.78 is 6.05. The highest BCUT2D eigenvalue weighted by atomic mass is 16.7. The fraction of sp³-hybridized carbons (Fsp3) is 0.455. The zero-order chi connectivity index (χ0) is 27.9. The summed E-state index contributed by atoms with van der Waals surface area (Å²) in [6.45, 7) is 3.66. The van der Waals surface area contributed by atoms with Crippen LogP contribution < -0.4 is 9.68 Å². The fourth-order valence-electron chi connectivity index (χ4n) is 2.85. The highest BCUT2D eigenvalue weighted by molar-refractivity contribution is 5.86. The van der Waals surface area contributed by atoms with Crippen molar-refractivity contribution in [1.82, 2.24) is 19.3 Å². The van der Waals surface area contributed by atoms with Gasteiger partial charge in [-0.2, -0.15) is 0 Å². The van der Waals surface area contributed by atoms with Crippen LogP contribution in [-0.2, 0) is 19.1 Å². The van der Waals surface area contributed by atoms with Gasteiger partial charge in [-0.05, 0) is 27.2 Å². The van der Waals surface area contributed by atoms with Gasteiger partial charge in [0.05, 0.1) is 0 Å². The normalized spacial score (nSPS) is 11.0. The van der Waals surface area contributed by atoms with Crippen LogP contribution >= 0.6 is 0 Å². The fourth-order valence-corrected chi connectivity index (χ4v) is 2.85. The summed E-state index contributed by atoms with van der Waals surface area (Å²) >= 11 is 0. The van der Waals surface area contributed by atoms with Crippen LogP contribution in [0.15, 0.2) is 24.3 Å². The standard InChI is InChI=1S/C22H30N4O11/c1-22(2,3)35-21(34)23(4)11-5-6-14(27)24(12-19(32)36-25-15(28)7-8-16(25)29)13-20(33)37-26-17(30)9-10-18(26)31/h7-10,28-31H,5-6,11-13H2,1-4H3. The monoisotopic (exact) mass is 526 g/mol. The van der Waals surface area contributed by atoms with Gasteiger partial charge in [0.1, 0.15) is 18.7 Å². The van der Waals surface area contributed by atoms with E-state index >= 15 is 0 Å². The summed E-state index contributed by atoms with van der Waals surface area (Å²) in [7, 11) is 1.48. The van der Waals surface area contributed by atoms with Crippen molar-refractivity contribution in [3.05, 3.63) is 24.3 Å². The number of hydrogen-bond acceptors (Lipinski definition) is 11. The van der Waals surface area contributed by atoms with Crippen LogP contribution in [0.5, 0.6) is 23.5 Å². The SMILES string of the molecule is CN(CCCC(=O)N(CC(=O)On1c(O)ccc1O)CC(=O)On1c(O)ccc1O)C(=O)OC(C)(C)C.